The van der Waals surface area contributed by atoms with E-state index >= 15 is 0 Å². The predicted molar refractivity (Wildman–Crippen MR) is 358 cm³/mol. The molecule has 1 unspecified atom stereocenters. The lowest BCUT2D eigenvalue weighted by atomic mass is 10.0. The first-order chi connectivity index (χ1) is 40.5. The monoisotopic (exact) mass is 1140 g/mol. The Morgan fingerprint density at radius 3 is 0.780 bits per heavy atom. The van der Waals surface area contributed by atoms with Crippen LogP contribution in [-0.2, 0) is 28.6 Å². The molecule has 1 atom stereocenters. The van der Waals surface area contributed by atoms with Gasteiger partial charge < -0.3 is 14.2 Å². The van der Waals surface area contributed by atoms with Gasteiger partial charge in [-0.25, -0.2) is 0 Å². The van der Waals surface area contributed by atoms with Crippen LogP contribution < -0.4 is 0 Å². The molecule has 0 bridgehead atoms. The zero-order valence-electron chi connectivity index (χ0n) is 54.5. The Morgan fingerprint density at radius 1 is 0.256 bits per heavy atom. The summed E-state index contributed by atoms with van der Waals surface area (Å²) in [5, 5.41) is 0. The van der Waals surface area contributed by atoms with Gasteiger partial charge in [-0.1, -0.05) is 331 Å². The molecule has 0 rings (SSSR count). The van der Waals surface area contributed by atoms with Crippen molar-refractivity contribution in [2.24, 2.45) is 0 Å². The van der Waals surface area contributed by atoms with E-state index in [1.165, 1.54) is 205 Å². The van der Waals surface area contributed by atoms with Crippen molar-refractivity contribution < 1.29 is 28.6 Å². The Labute approximate surface area is 509 Å². The van der Waals surface area contributed by atoms with E-state index in [0.29, 0.717) is 19.3 Å². The summed E-state index contributed by atoms with van der Waals surface area (Å²) in [5.74, 6) is -0.905. The SMILES string of the molecule is CC/C=C\C/C=C\C/C=C\C/C=C\C/C=C\C/C=C\CCCCCCC(=O)OC(COC(=O)CCCCCCC/C=C\CCCCC)COC(=O)CCCCCCCCCCCCCCCCCCCCCCCCCCCCCCC. The summed E-state index contributed by atoms with van der Waals surface area (Å²) in [6.45, 7) is 6.52. The number of unbranched alkanes of at least 4 members (excludes halogenated alkanes) is 40. The number of esters is 3. The molecular formula is C76H134O6. The van der Waals surface area contributed by atoms with Crippen molar-refractivity contribution in [1.82, 2.24) is 0 Å². The number of hydrogen-bond acceptors (Lipinski definition) is 6. The zero-order valence-corrected chi connectivity index (χ0v) is 54.5. The summed E-state index contributed by atoms with van der Waals surface area (Å²) in [6, 6.07) is 0. The van der Waals surface area contributed by atoms with Gasteiger partial charge in [-0.05, 0) is 96.3 Å². The summed E-state index contributed by atoms with van der Waals surface area (Å²) >= 11 is 0. The minimum Gasteiger partial charge on any atom is -0.462 e. The van der Waals surface area contributed by atoms with Gasteiger partial charge in [0.1, 0.15) is 13.2 Å². The van der Waals surface area contributed by atoms with Crippen molar-refractivity contribution in [2.75, 3.05) is 13.2 Å². The van der Waals surface area contributed by atoms with Crippen LogP contribution in [0.2, 0.25) is 0 Å². The largest absolute Gasteiger partial charge is 0.462 e. The molecule has 82 heavy (non-hydrogen) atoms. The van der Waals surface area contributed by atoms with E-state index in [4.69, 9.17) is 14.2 Å². The average molecular weight is 1140 g/mol. The Balaban J connectivity index is 4.25. The van der Waals surface area contributed by atoms with Gasteiger partial charge in [0.05, 0.1) is 0 Å². The van der Waals surface area contributed by atoms with Crippen LogP contribution in [0.4, 0.5) is 0 Å². The summed E-state index contributed by atoms with van der Waals surface area (Å²) < 4.78 is 16.9. The van der Waals surface area contributed by atoms with Gasteiger partial charge in [-0.3, -0.25) is 14.4 Å². The molecule has 0 N–H and O–H groups in total. The third kappa shape index (κ3) is 67.4. The van der Waals surface area contributed by atoms with E-state index in [1.807, 2.05) is 0 Å². The fourth-order valence-electron chi connectivity index (χ4n) is 10.3. The van der Waals surface area contributed by atoms with Gasteiger partial charge in [-0.15, -0.1) is 0 Å². The second kappa shape index (κ2) is 70.1. The Kier molecular flexibility index (Phi) is 67.2. The highest BCUT2D eigenvalue weighted by Crippen LogP contribution is 2.18. The fourth-order valence-corrected chi connectivity index (χ4v) is 10.3. The standard InChI is InChI=1S/C76H134O6/c1-4-7-10-13-16-19-22-25-27-29-31-33-35-36-37-38-39-40-42-43-45-47-49-51-54-57-60-63-66-69-75(78)81-72-73(71-80-74(77)68-65-62-59-56-53-24-21-18-15-12-9-6-3)82-76(79)70-67-64-61-58-55-52-50-48-46-44-41-34-32-30-28-26-23-20-17-14-11-8-5-2/h8,11,17-18,20-21,26,28,32,34,44,46,50,52,73H,4-7,9-10,12-16,19,22-25,27,29-31,33,35-43,45,47-49,51,53-72H2,1-3H3/b11-8-,20-17-,21-18-,28-26-,34-32-,46-44-,52-50-. The summed E-state index contributed by atoms with van der Waals surface area (Å²) in [6.07, 6.45) is 93.4. The molecule has 0 aromatic carbocycles. The molecule has 0 amide bonds. The maximum atomic E-state index is 12.9. The van der Waals surface area contributed by atoms with Crippen LogP contribution in [0.3, 0.4) is 0 Å². The van der Waals surface area contributed by atoms with Crippen molar-refractivity contribution >= 4 is 17.9 Å². The average Bonchev–Trinajstić information content (AvgIpc) is 3.47. The first-order valence-electron chi connectivity index (χ1n) is 35.6. The number of allylic oxidation sites excluding steroid dienone is 14. The van der Waals surface area contributed by atoms with Crippen molar-refractivity contribution in [2.45, 2.75) is 367 Å². The van der Waals surface area contributed by atoms with Crippen LogP contribution in [0.5, 0.6) is 0 Å². The van der Waals surface area contributed by atoms with Crippen molar-refractivity contribution in [1.29, 1.82) is 0 Å². The van der Waals surface area contributed by atoms with Crippen LogP contribution in [0.1, 0.15) is 361 Å². The molecule has 0 aliphatic carbocycles. The second-order valence-electron chi connectivity index (χ2n) is 23.8. The molecule has 0 aromatic heterocycles. The molecular weight excluding hydrogens is 1010 g/mol. The van der Waals surface area contributed by atoms with Gasteiger partial charge in [-0.2, -0.15) is 0 Å². The molecule has 0 spiro atoms. The maximum Gasteiger partial charge on any atom is 0.306 e. The number of carbonyl (C=O) groups excluding carboxylic acids is 3. The molecule has 0 saturated heterocycles. The minimum absolute atomic E-state index is 0.0869. The predicted octanol–water partition coefficient (Wildman–Crippen LogP) is 24.6. The fraction of sp³-hybridized carbons (Fsp3) is 0.776. The maximum absolute atomic E-state index is 12.9. The van der Waals surface area contributed by atoms with Gasteiger partial charge >= 0.3 is 17.9 Å². The van der Waals surface area contributed by atoms with E-state index in [9.17, 15) is 14.4 Å². The third-order valence-corrected chi connectivity index (χ3v) is 15.6. The number of rotatable bonds is 65. The van der Waals surface area contributed by atoms with E-state index in [2.05, 4.69) is 106 Å². The van der Waals surface area contributed by atoms with E-state index in [-0.39, 0.29) is 31.1 Å². The normalized spacial score (nSPS) is 12.6. The minimum atomic E-state index is -0.794. The highest BCUT2D eigenvalue weighted by molar-refractivity contribution is 5.71. The van der Waals surface area contributed by atoms with Crippen LogP contribution in [0, 0.1) is 0 Å². The molecule has 0 fully saturated rings. The molecule has 0 aliphatic heterocycles. The van der Waals surface area contributed by atoms with Crippen molar-refractivity contribution in [3.8, 4) is 0 Å². The highest BCUT2D eigenvalue weighted by Gasteiger charge is 2.19. The molecule has 0 radical (unpaired) electrons. The first-order valence-corrected chi connectivity index (χ1v) is 35.6. The lowest BCUT2D eigenvalue weighted by Gasteiger charge is -2.18. The summed E-state index contributed by atoms with van der Waals surface area (Å²) in [7, 11) is 0. The summed E-state index contributed by atoms with van der Waals surface area (Å²) in [5.41, 5.74) is 0. The molecule has 6 nitrogen and oxygen atoms in total. The van der Waals surface area contributed by atoms with E-state index < -0.39 is 6.10 Å². The molecule has 0 aliphatic rings. The lowest BCUT2D eigenvalue weighted by molar-refractivity contribution is -0.167. The summed E-state index contributed by atoms with van der Waals surface area (Å²) in [4.78, 5) is 38.4. The van der Waals surface area contributed by atoms with Gasteiger partial charge in [0.15, 0.2) is 6.10 Å². The number of ether oxygens (including phenoxy) is 3. The lowest BCUT2D eigenvalue weighted by Crippen LogP contribution is -2.30. The highest BCUT2D eigenvalue weighted by atomic mass is 16.6. The van der Waals surface area contributed by atoms with Gasteiger partial charge in [0, 0.05) is 19.3 Å². The number of hydrogen-bond donors (Lipinski definition) is 0. The smallest absolute Gasteiger partial charge is 0.306 e. The van der Waals surface area contributed by atoms with Crippen LogP contribution >= 0.6 is 0 Å². The Bertz CT molecular complexity index is 1550. The zero-order chi connectivity index (χ0) is 59.2. The van der Waals surface area contributed by atoms with Crippen LogP contribution in [-0.4, -0.2) is 37.2 Å². The first kappa shape index (κ1) is 78.6. The van der Waals surface area contributed by atoms with Gasteiger partial charge in [0.2, 0.25) is 0 Å². The molecule has 6 heteroatoms. The molecule has 0 saturated carbocycles. The Hall–Kier alpha value is -3.41. The van der Waals surface area contributed by atoms with Crippen molar-refractivity contribution in [3.05, 3.63) is 85.1 Å². The number of carbonyl (C=O) groups is 3. The molecule has 0 heterocycles. The third-order valence-electron chi connectivity index (χ3n) is 15.6. The van der Waals surface area contributed by atoms with Crippen LogP contribution in [0.25, 0.3) is 0 Å². The molecule has 0 aromatic rings. The molecule has 474 valence electrons. The van der Waals surface area contributed by atoms with Gasteiger partial charge in [0.25, 0.3) is 0 Å². The van der Waals surface area contributed by atoms with E-state index in [0.717, 1.165) is 116 Å². The topological polar surface area (TPSA) is 78.9 Å². The quantitative estimate of drug-likeness (QED) is 0.0261. The Morgan fingerprint density at radius 2 is 0.476 bits per heavy atom. The van der Waals surface area contributed by atoms with Crippen LogP contribution in [0.15, 0.2) is 85.1 Å². The van der Waals surface area contributed by atoms with Crippen molar-refractivity contribution in [3.63, 3.8) is 0 Å². The van der Waals surface area contributed by atoms with E-state index in [1.54, 1.807) is 0 Å². The second-order valence-corrected chi connectivity index (χ2v) is 23.8.